The van der Waals surface area contributed by atoms with Crippen LogP contribution in [0.25, 0.3) is 10.6 Å². The van der Waals surface area contributed by atoms with Gasteiger partial charge in [0, 0.05) is 55.4 Å². The molecule has 28 heavy (non-hydrogen) atoms. The lowest BCUT2D eigenvalue weighted by Crippen LogP contribution is -2.50. The molecule has 152 valence electrons. The number of aromatic nitrogens is 1. The van der Waals surface area contributed by atoms with Crippen molar-refractivity contribution < 1.29 is 8.42 Å². The Bertz CT molecular complexity index is 898. The van der Waals surface area contributed by atoms with Crippen molar-refractivity contribution in [2.24, 2.45) is 0 Å². The second-order valence-electron chi connectivity index (χ2n) is 8.28. The first-order chi connectivity index (χ1) is 13.4. The van der Waals surface area contributed by atoms with Crippen LogP contribution in [0.3, 0.4) is 0 Å². The van der Waals surface area contributed by atoms with Gasteiger partial charge in [0.2, 0.25) is 0 Å². The first kappa shape index (κ1) is 20.0. The van der Waals surface area contributed by atoms with Crippen LogP contribution in [0.4, 0.5) is 0 Å². The number of piperazine rings is 1. The van der Waals surface area contributed by atoms with Crippen molar-refractivity contribution in [2.45, 2.75) is 38.8 Å². The molecule has 7 heteroatoms. The lowest BCUT2D eigenvalue weighted by molar-refractivity contribution is 0.101. The fraction of sp³-hybridized carbons (Fsp3) is 0.571. The average molecular weight is 420 g/mol. The topological polar surface area (TPSA) is 53.5 Å². The van der Waals surface area contributed by atoms with Gasteiger partial charge in [0.25, 0.3) is 0 Å². The maximum atomic E-state index is 11.7. The molecular formula is C21H29N3O2S2. The molecule has 1 aromatic carbocycles. The molecule has 2 saturated heterocycles. The molecule has 0 saturated carbocycles. The van der Waals surface area contributed by atoms with E-state index in [0.29, 0.717) is 17.4 Å². The first-order valence-electron chi connectivity index (χ1n) is 10.1. The molecule has 0 radical (unpaired) electrons. The Morgan fingerprint density at radius 2 is 1.86 bits per heavy atom. The SMILES string of the molecule is CC(C)c1ccc(-c2ncc(CN3CCN(C4CCS(=O)(=O)C4)CC3)s2)cc1. The standard InChI is InChI=1S/C21H29N3O2S2/c1-16(2)17-3-5-18(6-4-17)21-22-13-20(27-21)14-23-8-10-24(11-9-23)19-7-12-28(25,26)15-19/h3-6,13,16,19H,7-12,14-15H2,1-2H3. The van der Waals surface area contributed by atoms with Crippen LogP contribution in [-0.2, 0) is 16.4 Å². The van der Waals surface area contributed by atoms with E-state index in [1.54, 1.807) is 11.3 Å². The Kier molecular flexibility index (Phi) is 5.88. The summed E-state index contributed by atoms with van der Waals surface area (Å²) in [5, 5.41) is 1.08. The lowest BCUT2D eigenvalue weighted by Gasteiger charge is -2.37. The molecule has 2 aliphatic rings. The monoisotopic (exact) mass is 419 g/mol. The lowest BCUT2D eigenvalue weighted by atomic mass is 10.0. The summed E-state index contributed by atoms with van der Waals surface area (Å²) in [6.45, 7) is 9.26. The second-order valence-corrected chi connectivity index (χ2v) is 11.6. The van der Waals surface area contributed by atoms with Crippen LogP contribution in [0, 0.1) is 0 Å². The van der Waals surface area contributed by atoms with Crippen molar-refractivity contribution in [1.29, 1.82) is 0 Å². The number of nitrogens with zero attached hydrogens (tertiary/aromatic N) is 3. The number of benzene rings is 1. The van der Waals surface area contributed by atoms with Gasteiger partial charge in [-0.2, -0.15) is 0 Å². The number of thiazole rings is 1. The second kappa shape index (κ2) is 8.22. The van der Waals surface area contributed by atoms with E-state index in [9.17, 15) is 8.42 Å². The molecule has 4 rings (SSSR count). The van der Waals surface area contributed by atoms with E-state index in [1.165, 1.54) is 16.0 Å². The summed E-state index contributed by atoms with van der Waals surface area (Å²) in [7, 11) is -2.80. The maximum Gasteiger partial charge on any atom is 0.151 e. The molecule has 0 bridgehead atoms. The van der Waals surface area contributed by atoms with E-state index in [0.717, 1.165) is 44.2 Å². The Morgan fingerprint density at radius 1 is 1.14 bits per heavy atom. The Labute approximate surface area is 172 Å². The number of rotatable bonds is 5. The van der Waals surface area contributed by atoms with Gasteiger partial charge in [-0.25, -0.2) is 13.4 Å². The first-order valence-corrected chi connectivity index (χ1v) is 12.8. The molecule has 0 amide bonds. The summed E-state index contributed by atoms with van der Waals surface area (Å²) in [6.07, 6.45) is 2.81. The van der Waals surface area contributed by atoms with E-state index < -0.39 is 9.84 Å². The summed E-state index contributed by atoms with van der Waals surface area (Å²) in [6, 6.07) is 8.97. The summed E-state index contributed by atoms with van der Waals surface area (Å²) in [4.78, 5) is 10.8. The Balaban J connectivity index is 1.31. The molecule has 0 aliphatic carbocycles. The zero-order valence-electron chi connectivity index (χ0n) is 16.7. The van der Waals surface area contributed by atoms with Crippen LogP contribution in [0.1, 0.15) is 36.6 Å². The van der Waals surface area contributed by atoms with Crippen LogP contribution >= 0.6 is 11.3 Å². The molecule has 2 fully saturated rings. The highest BCUT2D eigenvalue weighted by Crippen LogP contribution is 2.28. The minimum atomic E-state index is -2.80. The van der Waals surface area contributed by atoms with E-state index in [1.807, 2.05) is 6.20 Å². The van der Waals surface area contributed by atoms with E-state index in [2.05, 4.69) is 52.9 Å². The highest BCUT2D eigenvalue weighted by atomic mass is 32.2. The minimum Gasteiger partial charge on any atom is -0.297 e. The van der Waals surface area contributed by atoms with Gasteiger partial charge in [-0.3, -0.25) is 9.80 Å². The average Bonchev–Trinajstić information content (AvgIpc) is 3.29. The smallest absolute Gasteiger partial charge is 0.151 e. The zero-order chi connectivity index (χ0) is 19.7. The van der Waals surface area contributed by atoms with Crippen LogP contribution < -0.4 is 0 Å². The largest absolute Gasteiger partial charge is 0.297 e. The van der Waals surface area contributed by atoms with Crippen molar-refractivity contribution in [2.75, 3.05) is 37.7 Å². The van der Waals surface area contributed by atoms with E-state index in [4.69, 9.17) is 0 Å². The van der Waals surface area contributed by atoms with Gasteiger partial charge in [0.1, 0.15) is 5.01 Å². The Hall–Kier alpha value is -1.28. The molecule has 2 aromatic rings. The third-order valence-corrected chi connectivity index (χ3v) is 8.67. The van der Waals surface area contributed by atoms with Crippen molar-refractivity contribution in [1.82, 2.24) is 14.8 Å². The molecular weight excluding hydrogens is 390 g/mol. The molecule has 1 atom stereocenters. The van der Waals surface area contributed by atoms with Crippen molar-refractivity contribution in [3.8, 4) is 10.6 Å². The molecule has 1 aromatic heterocycles. The van der Waals surface area contributed by atoms with Gasteiger partial charge in [0.05, 0.1) is 11.5 Å². The third kappa shape index (κ3) is 4.64. The molecule has 3 heterocycles. The molecule has 2 aliphatic heterocycles. The molecule has 1 unspecified atom stereocenters. The van der Waals surface area contributed by atoms with Crippen molar-refractivity contribution in [3.05, 3.63) is 40.9 Å². The fourth-order valence-electron chi connectivity index (χ4n) is 4.10. The van der Waals surface area contributed by atoms with Crippen LogP contribution in [-0.4, -0.2) is 66.9 Å². The van der Waals surface area contributed by atoms with Gasteiger partial charge < -0.3 is 0 Å². The van der Waals surface area contributed by atoms with Gasteiger partial charge >= 0.3 is 0 Å². The van der Waals surface area contributed by atoms with E-state index in [-0.39, 0.29) is 6.04 Å². The predicted octanol–water partition coefficient (Wildman–Crippen LogP) is 3.24. The van der Waals surface area contributed by atoms with E-state index >= 15 is 0 Å². The highest BCUT2D eigenvalue weighted by Gasteiger charge is 2.33. The van der Waals surface area contributed by atoms with Crippen molar-refractivity contribution >= 4 is 21.2 Å². The van der Waals surface area contributed by atoms with Gasteiger partial charge in [-0.1, -0.05) is 38.1 Å². The summed E-state index contributed by atoms with van der Waals surface area (Å²) in [5.41, 5.74) is 2.54. The van der Waals surface area contributed by atoms with Gasteiger partial charge in [-0.05, 0) is 17.9 Å². The summed E-state index contributed by atoms with van der Waals surface area (Å²) in [5.74, 6) is 1.25. The number of hydrogen-bond donors (Lipinski definition) is 0. The van der Waals surface area contributed by atoms with Crippen LogP contribution in [0.5, 0.6) is 0 Å². The number of hydrogen-bond acceptors (Lipinski definition) is 6. The predicted molar refractivity (Wildman–Crippen MR) is 116 cm³/mol. The highest BCUT2D eigenvalue weighted by molar-refractivity contribution is 7.91. The quantitative estimate of drug-likeness (QED) is 0.745. The third-order valence-electron chi connectivity index (χ3n) is 5.89. The zero-order valence-corrected chi connectivity index (χ0v) is 18.3. The molecule has 5 nitrogen and oxygen atoms in total. The van der Waals surface area contributed by atoms with Crippen LogP contribution in [0.2, 0.25) is 0 Å². The normalized spacial score (nSPS) is 23.5. The van der Waals surface area contributed by atoms with Crippen molar-refractivity contribution in [3.63, 3.8) is 0 Å². The van der Waals surface area contributed by atoms with Gasteiger partial charge in [-0.15, -0.1) is 11.3 Å². The summed E-state index contributed by atoms with van der Waals surface area (Å²) < 4.78 is 23.4. The fourth-order valence-corrected chi connectivity index (χ4v) is 6.82. The maximum absolute atomic E-state index is 11.7. The minimum absolute atomic E-state index is 0.232. The molecule has 0 N–H and O–H groups in total. The summed E-state index contributed by atoms with van der Waals surface area (Å²) >= 11 is 1.77. The molecule has 0 spiro atoms. The van der Waals surface area contributed by atoms with Gasteiger partial charge in [0.15, 0.2) is 9.84 Å². The number of sulfone groups is 1. The Morgan fingerprint density at radius 3 is 2.46 bits per heavy atom. The van der Waals surface area contributed by atoms with Crippen LogP contribution in [0.15, 0.2) is 30.5 Å².